The normalized spacial score (nSPS) is 11.3. The lowest BCUT2D eigenvalue weighted by Crippen LogP contribution is -1.83. The predicted molar refractivity (Wildman–Crippen MR) is 21.9 cm³/mol. The molecule has 0 aliphatic rings. The van der Waals surface area contributed by atoms with Gasteiger partial charge in [0, 0.05) is 0 Å². The molecular weight excluding hydrogens is 80.0 g/mol. The van der Waals surface area contributed by atoms with E-state index in [4.69, 9.17) is 10.2 Å². The first-order chi connectivity index (χ1) is 2.77. The van der Waals surface area contributed by atoms with Crippen LogP contribution in [0.4, 0.5) is 0 Å². The third-order valence-corrected chi connectivity index (χ3v) is 0.316. The van der Waals surface area contributed by atoms with Gasteiger partial charge in [0.05, 0.1) is 0 Å². The van der Waals surface area contributed by atoms with Gasteiger partial charge < -0.3 is 10.2 Å². The second-order valence-corrected chi connectivity index (χ2v) is 0.858. The minimum atomic E-state index is -0.641. The molecule has 0 fully saturated rings. The van der Waals surface area contributed by atoms with Gasteiger partial charge in [0.25, 0.3) is 0 Å². The van der Waals surface area contributed by atoms with Crippen molar-refractivity contribution in [2.24, 2.45) is 0 Å². The zero-order valence-corrected chi connectivity index (χ0v) is 3.55. The highest BCUT2D eigenvalue weighted by atomic mass is 16.5. The number of allylic oxidation sites excluding steroid dienone is 1. The number of aliphatic hydroxyl groups is 2. The average molecular weight is 87.1 g/mol. The molecule has 2 nitrogen and oxygen atoms in total. The highest BCUT2D eigenvalue weighted by Crippen LogP contribution is 1.84. The summed E-state index contributed by atoms with van der Waals surface area (Å²) in [5.74, 6) is 0. The van der Waals surface area contributed by atoms with Crippen LogP contribution in [0, 0.1) is 6.29 Å². The van der Waals surface area contributed by atoms with Gasteiger partial charge in [0.15, 0.2) is 0 Å². The van der Waals surface area contributed by atoms with Gasteiger partial charge in [-0.3, -0.25) is 0 Å². The van der Waals surface area contributed by atoms with Gasteiger partial charge in [0.1, 0.15) is 0 Å². The largest absolute Gasteiger partial charge is 0.358 e. The van der Waals surface area contributed by atoms with Crippen molar-refractivity contribution < 1.29 is 10.2 Å². The van der Waals surface area contributed by atoms with Crippen LogP contribution in [0.1, 0.15) is 6.92 Å². The van der Waals surface area contributed by atoms with Crippen LogP contribution < -0.4 is 0 Å². The summed E-state index contributed by atoms with van der Waals surface area (Å²) in [6, 6.07) is 0. The molecule has 0 unspecified atom stereocenters. The highest BCUT2D eigenvalue weighted by molar-refractivity contribution is 4.90. The quantitative estimate of drug-likeness (QED) is 0.496. The van der Waals surface area contributed by atoms with E-state index >= 15 is 0 Å². The minimum absolute atomic E-state index is 0.641. The number of hydrogen-bond donors (Lipinski definition) is 2. The summed E-state index contributed by atoms with van der Waals surface area (Å²) in [6.45, 7) is 1.70. The Kier molecular flexibility index (Phi) is 2.71. The van der Waals surface area contributed by atoms with E-state index in [2.05, 4.69) is 0 Å². The lowest BCUT2D eigenvalue weighted by atomic mass is 10.5. The molecule has 0 aromatic rings. The maximum atomic E-state index is 7.94. The monoisotopic (exact) mass is 87.0 g/mol. The topological polar surface area (TPSA) is 40.5 Å². The first-order valence-electron chi connectivity index (χ1n) is 1.65. The summed E-state index contributed by atoms with van der Waals surface area (Å²) in [5.41, 5.74) is 0. The van der Waals surface area contributed by atoms with E-state index in [9.17, 15) is 0 Å². The molecule has 0 aliphatic heterocycles. The Morgan fingerprint density at radius 1 is 1.50 bits per heavy atom. The molecule has 6 heavy (non-hydrogen) atoms. The van der Waals surface area contributed by atoms with Crippen molar-refractivity contribution >= 4 is 0 Å². The van der Waals surface area contributed by atoms with E-state index in [1.807, 2.05) is 0 Å². The van der Waals surface area contributed by atoms with Crippen molar-refractivity contribution in [1.82, 2.24) is 0 Å². The SMILES string of the molecule is C/C=C/[C](O)O. The Bertz CT molecular complexity index is 47.5. The summed E-state index contributed by atoms with van der Waals surface area (Å²) in [7, 11) is 0. The molecule has 1 radical (unpaired) electrons. The Balaban J connectivity index is 3.03. The van der Waals surface area contributed by atoms with E-state index in [0.717, 1.165) is 0 Å². The molecule has 0 atom stereocenters. The fraction of sp³-hybridized carbons (Fsp3) is 0.250. The molecule has 0 aromatic heterocycles. The third-order valence-electron chi connectivity index (χ3n) is 0.316. The van der Waals surface area contributed by atoms with Crippen molar-refractivity contribution in [2.45, 2.75) is 6.92 Å². The first kappa shape index (κ1) is 5.66. The molecule has 2 heteroatoms. The van der Waals surface area contributed by atoms with Gasteiger partial charge in [0.2, 0.25) is 6.29 Å². The molecule has 0 bridgehead atoms. The molecule has 0 saturated carbocycles. The Morgan fingerprint density at radius 3 is 2.00 bits per heavy atom. The minimum Gasteiger partial charge on any atom is -0.358 e. The van der Waals surface area contributed by atoms with Crippen molar-refractivity contribution in [3.05, 3.63) is 18.4 Å². The van der Waals surface area contributed by atoms with E-state index in [0.29, 0.717) is 0 Å². The first-order valence-corrected chi connectivity index (χ1v) is 1.65. The van der Waals surface area contributed by atoms with Crippen LogP contribution in [0.2, 0.25) is 0 Å². The van der Waals surface area contributed by atoms with Crippen molar-refractivity contribution in [1.29, 1.82) is 0 Å². The van der Waals surface area contributed by atoms with Crippen molar-refractivity contribution in [3.8, 4) is 0 Å². The Hall–Kier alpha value is -0.340. The average Bonchev–Trinajstić information content (AvgIpc) is 1.35. The fourth-order valence-corrected chi connectivity index (χ4v) is 0.149. The predicted octanol–water partition coefficient (Wildman–Crippen LogP) is 0.797. The summed E-state index contributed by atoms with van der Waals surface area (Å²) in [5, 5.41) is 15.9. The van der Waals surface area contributed by atoms with Crippen LogP contribution in [0.25, 0.3) is 0 Å². The molecular formula is C4H7O2. The van der Waals surface area contributed by atoms with Crippen LogP contribution in [-0.4, -0.2) is 10.2 Å². The third kappa shape index (κ3) is 3.66. The van der Waals surface area contributed by atoms with Gasteiger partial charge in [-0.05, 0) is 13.0 Å². The van der Waals surface area contributed by atoms with Gasteiger partial charge in [-0.25, -0.2) is 0 Å². The van der Waals surface area contributed by atoms with Gasteiger partial charge >= 0.3 is 0 Å². The smallest absolute Gasteiger partial charge is 0.242 e. The lowest BCUT2D eigenvalue weighted by Gasteiger charge is -1.83. The summed E-state index contributed by atoms with van der Waals surface area (Å²) in [6.07, 6.45) is 2.09. The van der Waals surface area contributed by atoms with Crippen molar-refractivity contribution in [2.75, 3.05) is 0 Å². The van der Waals surface area contributed by atoms with E-state index in [-0.39, 0.29) is 0 Å². The number of aliphatic hydroxyl groups excluding tert-OH is 1. The van der Waals surface area contributed by atoms with E-state index in [1.165, 1.54) is 12.2 Å². The zero-order valence-electron chi connectivity index (χ0n) is 3.55. The van der Waals surface area contributed by atoms with E-state index < -0.39 is 6.29 Å². The number of rotatable bonds is 1. The Morgan fingerprint density at radius 2 is 2.00 bits per heavy atom. The maximum absolute atomic E-state index is 7.94. The Labute approximate surface area is 36.7 Å². The van der Waals surface area contributed by atoms with Gasteiger partial charge in [-0.2, -0.15) is 0 Å². The molecule has 35 valence electrons. The zero-order chi connectivity index (χ0) is 4.99. The number of hydrogen-bond acceptors (Lipinski definition) is 2. The van der Waals surface area contributed by atoms with Gasteiger partial charge in [-0.15, -0.1) is 0 Å². The van der Waals surface area contributed by atoms with Crippen LogP contribution in [0.3, 0.4) is 0 Å². The fourth-order valence-electron chi connectivity index (χ4n) is 0.149. The van der Waals surface area contributed by atoms with Crippen LogP contribution in [0.5, 0.6) is 0 Å². The molecule has 2 N–H and O–H groups in total. The molecule has 0 aromatic carbocycles. The summed E-state index contributed by atoms with van der Waals surface area (Å²) < 4.78 is 0. The van der Waals surface area contributed by atoms with Crippen molar-refractivity contribution in [3.63, 3.8) is 0 Å². The van der Waals surface area contributed by atoms with Crippen LogP contribution in [0.15, 0.2) is 12.2 Å². The molecule has 0 amide bonds. The van der Waals surface area contributed by atoms with Crippen LogP contribution >= 0.6 is 0 Å². The molecule has 0 rings (SSSR count). The second-order valence-electron chi connectivity index (χ2n) is 0.858. The lowest BCUT2D eigenvalue weighted by molar-refractivity contribution is 0.115. The summed E-state index contributed by atoms with van der Waals surface area (Å²) in [4.78, 5) is 0. The molecule has 0 aliphatic carbocycles. The van der Waals surface area contributed by atoms with E-state index in [1.54, 1.807) is 6.92 Å². The van der Waals surface area contributed by atoms with Crippen LogP contribution in [-0.2, 0) is 0 Å². The maximum Gasteiger partial charge on any atom is 0.242 e. The van der Waals surface area contributed by atoms with Gasteiger partial charge in [-0.1, -0.05) is 6.08 Å². The molecule has 0 spiro atoms. The molecule has 0 heterocycles. The summed E-state index contributed by atoms with van der Waals surface area (Å²) >= 11 is 0. The highest BCUT2D eigenvalue weighted by Gasteiger charge is 1.83. The standard InChI is InChI=1S/C4H7O2/c1-2-3-4(5)6/h2-3,5-6H,1H3/b3-2+. The molecule has 0 saturated heterocycles. The second kappa shape index (κ2) is 2.87.